The summed E-state index contributed by atoms with van der Waals surface area (Å²) in [5.41, 5.74) is 2.73. The fourth-order valence-electron chi connectivity index (χ4n) is 1.82. The molecule has 0 atom stereocenters. The molecule has 0 aromatic heterocycles. The number of allylic oxidation sites excluding steroid dienone is 1. The molecule has 0 N–H and O–H groups in total. The second kappa shape index (κ2) is 8.18. The van der Waals surface area contributed by atoms with Gasteiger partial charge in [0, 0.05) is 11.0 Å². The highest BCUT2D eigenvalue weighted by Gasteiger charge is 1.94. The SMILES string of the molecule is N#CC(/C=C/c1ccc(Br)cc1)=NCCc1ccccc1. The molecular formula is C18H15BrN2. The van der Waals surface area contributed by atoms with Crippen molar-refractivity contribution in [2.45, 2.75) is 6.42 Å². The van der Waals surface area contributed by atoms with E-state index in [1.165, 1.54) is 5.56 Å². The summed E-state index contributed by atoms with van der Waals surface area (Å²) in [6.07, 6.45) is 4.50. The van der Waals surface area contributed by atoms with Crippen LogP contribution >= 0.6 is 15.9 Å². The number of hydrogen-bond donors (Lipinski definition) is 0. The zero-order valence-corrected chi connectivity index (χ0v) is 13.1. The van der Waals surface area contributed by atoms with Crippen molar-refractivity contribution in [3.63, 3.8) is 0 Å². The average molecular weight is 339 g/mol. The van der Waals surface area contributed by atoms with Gasteiger partial charge in [-0.25, -0.2) is 0 Å². The van der Waals surface area contributed by atoms with Gasteiger partial charge in [0.2, 0.25) is 0 Å². The number of benzene rings is 2. The number of hydrogen-bond acceptors (Lipinski definition) is 2. The monoisotopic (exact) mass is 338 g/mol. The lowest BCUT2D eigenvalue weighted by molar-refractivity contribution is 0.971. The second-order valence-electron chi connectivity index (χ2n) is 4.50. The Balaban J connectivity index is 1.94. The molecule has 0 aliphatic rings. The molecule has 0 bridgehead atoms. The van der Waals surface area contributed by atoms with E-state index in [1.807, 2.05) is 48.5 Å². The van der Waals surface area contributed by atoms with Crippen LogP contribution in [0.25, 0.3) is 6.08 Å². The first kappa shape index (κ1) is 15.2. The Kier molecular flexibility index (Phi) is 5.93. The van der Waals surface area contributed by atoms with E-state index in [2.05, 4.69) is 39.1 Å². The van der Waals surface area contributed by atoms with Crippen molar-refractivity contribution in [1.82, 2.24) is 0 Å². The van der Waals surface area contributed by atoms with Crippen molar-refractivity contribution in [3.05, 3.63) is 76.3 Å². The van der Waals surface area contributed by atoms with Crippen LogP contribution in [0.4, 0.5) is 0 Å². The smallest absolute Gasteiger partial charge is 0.135 e. The van der Waals surface area contributed by atoms with Crippen molar-refractivity contribution in [3.8, 4) is 6.07 Å². The van der Waals surface area contributed by atoms with Crippen LogP contribution in [-0.4, -0.2) is 12.3 Å². The van der Waals surface area contributed by atoms with Gasteiger partial charge in [-0.2, -0.15) is 5.26 Å². The van der Waals surface area contributed by atoms with Crippen molar-refractivity contribution in [2.24, 2.45) is 4.99 Å². The van der Waals surface area contributed by atoms with Crippen LogP contribution in [0.15, 0.2) is 70.1 Å². The third-order valence-electron chi connectivity index (χ3n) is 2.94. The molecule has 0 aliphatic carbocycles. The molecule has 2 nitrogen and oxygen atoms in total. The van der Waals surface area contributed by atoms with Crippen LogP contribution in [0.2, 0.25) is 0 Å². The molecule has 2 rings (SSSR count). The fourth-order valence-corrected chi connectivity index (χ4v) is 2.09. The molecule has 0 saturated carbocycles. The summed E-state index contributed by atoms with van der Waals surface area (Å²) in [6.45, 7) is 0.623. The van der Waals surface area contributed by atoms with Gasteiger partial charge in [0.05, 0.1) is 0 Å². The summed E-state index contributed by atoms with van der Waals surface area (Å²) in [4.78, 5) is 4.33. The van der Waals surface area contributed by atoms with Crippen molar-refractivity contribution in [2.75, 3.05) is 6.54 Å². The van der Waals surface area contributed by atoms with E-state index in [4.69, 9.17) is 5.26 Å². The molecule has 0 aliphatic heterocycles. The predicted octanol–water partition coefficient (Wildman–Crippen LogP) is 4.67. The number of nitriles is 1. The first-order valence-electron chi connectivity index (χ1n) is 6.70. The van der Waals surface area contributed by atoms with Gasteiger partial charge in [0.25, 0.3) is 0 Å². The van der Waals surface area contributed by atoms with Gasteiger partial charge in [-0.1, -0.05) is 64.5 Å². The van der Waals surface area contributed by atoms with Crippen LogP contribution < -0.4 is 0 Å². The summed E-state index contributed by atoms with van der Waals surface area (Å²) >= 11 is 3.40. The Hall–Kier alpha value is -2.18. The number of nitrogens with zero attached hydrogens (tertiary/aromatic N) is 2. The minimum Gasteiger partial charge on any atom is -0.274 e. The molecule has 0 amide bonds. The van der Waals surface area contributed by atoms with Gasteiger partial charge >= 0.3 is 0 Å². The molecule has 0 spiro atoms. The molecule has 0 radical (unpaired) electrons. The van der Waals surface area contributed by atoms with Crippen LogP contribution in [0.5, 0.6) is 0 Å². The lowest BCUT2D eigenvalue weighted by Crippen LogP contribution is -1.94. The van der Waals surface area contributed by atoms with Gasteiger partial charge in [0.1, 0.15) is 11.8 Å². The first-order valence-corrected chi connectivity index (χ1v) is 7.49. The highest BCUT2D eigenvalue weighted by Crippen LogP contribution is 2.11. The minimum absolute atomic E-state index is 0.453. The Morgan fingerprint density at radius 2 is 1.81 bits per heavy atom. The largest absolute Gasteiger partial charge is 0.274 e. The number of rotatable bonds is 5. The highest BCUT2D eigenvalue weighted by atomic mass is 79.9. The van der Waals surface area contributed by atoms with Gasteiger partial charge < -0.3 is 0 Å². The summed E-state index contributed by atoms with van der Waals surface area (Å²) in [5, 5.41) is 9.11. The lowest BCUT2D eigenvalue weighted by Gasteiger charge is -1.97. The molecule has 104 valence electrons. The van der Waals surface area contributed by atoms with Crippen molar-refractivity contribution < 1.29 is 0 Å². The van der Waals surface area contributed by atoms with Crippen LogP contribution in [-0.2, 0) is 6.42 Å². The Morgan fingerprint density at radius 1 is 1.10 bits per heavy atom. The van der Waals surface area contributed by atoms with Crippen molar-refractivity contribution >= 4 is 27.7 Å². The maximum atomic E-state index is 9.11. The van der Waals surface area contributed by atoms with E-state index in [-0.39, 0.29) is 0 Å². The van der Waals surface area contributed by atoms with Crippen LogP contribution in [0.1, 0.15) is 11.1 Å². The third kappa shape index (κ3) is 5.37. The molecule has 0 heterocycles. The Bertz CT molecular complexity index is 665. The van der Waals surface area contributed by atoms with Crippen molar-refractivity contribution in [1.29, 1.82) is 5.26 Å². The molecule has 2 aromatic rings. The van der Waals surface area contributed by atoms with E-state index in [1.54, 1.807) is 6.08 Å². The van der Waals surface area contributed by atoms with Gasteiger partial charge in [-0.3, -0.25) is 4.99 Å². The van der Waals surface area contributed by atoms with Crippen LogP contribution in [0, 0.1) is 11.3 Å². The topological polar surface area (TPSA) is 36.1 Å². The van der Waals surface area contributed by atoms with Gasteiger partial charge in [-0.05, 0) is 35.8 Å². The average Bonchev–Trinajstić information content (AvgIpc) is 2.53. The van der Waals surface area contributed by atoms with Gasteiger partial charge in [-0.15, -0.1) is 0 Å². The van der Waals surface area contributed by atoms with E-state index in [9.17, 15) is 0 Å². The van der Waals surface area contributed by atoms with E-state index < -0.39 is 0 Å². The standard InChI is InChI=1S/C18H15BrN2/c19-17-9-6-16(7-10-17)8-11-18(14-20)21-13-12-15-4-2-1-3-5-15/h1-11H,12-13H2/b11-8+,21-18?. The molecule has 0 unspecified atom stereocenters. The van der Waals surface area contributed by atoms with Crippen LogP contribution in [0.3, 0.4) is 0 Å². The Labute approximate surface area is 133 Å². The molecular weight excluding hydrogens is 324 g/mol. The number of aliphatic imine (C=N–C) groups is 1. The number of halogens is 1. The summed E-state index contributed by atoms with van der Waals surface area (Å²) < 4.78 is 1.04. The lowest BCUT2D eigenvalue weighted by atomic mass is 10.1. The fraction of sp³-hybridized carbons (Fsp3) is 0.111. The maximum absolute atomic E-state index is 9.11. The molecule has 3 heteroatoms. The highest BCUT2D eigenvalue weighted by molar-refractivity contribution is 9.10. The summed E-state index contributed by atoms with van der Waals surface area (Å²) in [5.74, 6) is 0. The predicted molar refractivity (Wildman–Crippen MR) is 91.2 cm³/mol. The zero-order chi connectivity index (χ0) is 14.9. The normalized spacial score (nSPS) is 11.5. The minimum atomic E-state index is 0.453. The van der Waals surface area contributed by atoms with E-state index in [0.29, 0.717) is 12.3 Å². The Morgan fingerprint density at radius 3 is 2.48 bits per heavy atom. The molecule has 2 aromatic carbocycles. The zero-order valence-electron chi connectivity index (χ0n) is 11.5. The van der Waals surface area contributed by atoms with E-state index >= 15 is 0 Å². The summed E-state index contributed by atoms with van der Waals surface area (Å²) in [6, 6.07) is 20.2. The molecule has 21 heavy (non-hydrogen) atoms. The van der Waals surface area contributed by atoms with E-state index in [0.717, 1.165) is 16.5 Å². The summed E-state index contributed by atoms with van der Waals surface area (Å²) in [7, 11) is 0. The third-order valence-corrected chi connectivity index (χ3v) is 3.47. The molecule has 0 saturated heterocycles. The second-order valence-corrected chi connectivity index (χ2v) is 5.41. The first-order chi connectivity index (χ1) is 10.3. The quantitative estimate of drug-likeness (QED) is 0.729. The van der Waals surface area contributed by atoms with Gasteiger partial charge in [0.15, 0.2) is 0 Å². The maximum Gasteiger partial charge on any atom is 0.135 e. The molecule has 0 fully saturated rings.